The molecule has 1 fully saturated rings. The minimum absolute atomic E-state index is 0.202. The summed E-state index contributed by atoms with van der Waals surface area (Å²) < 4.78 is 5.75. The second-order valence-corrected chi connectivity index (χ2v) is 9.61. The number of fused-ring (bicyclic) bond motifs is 1. The Kier molecular flexibility index (Phi) is 6.77. The molecule has 36 heavy (non-hydrogen) atoms. The van der Waals surface area contributed by atoms with Crippen molar-refractivity contribution in [2.24, 2.45) is 4.99 Å². The van der Waals surface area contributed by atoms with E-state index in [4.69, 9.17) is 16.2 Å². The molecule has 0 radical (unpaired) electrons. The highest BCUT2D eigenvalue weighted by molar-refractivity contribution is 6.17. The number of amides is 1. The number of anilines is 2. The first-order valence-corrected chi connectivity index (χ1v) is 12.5. The van der Waals surface area contributed by atoms with Gasteiger partial charge in [-0.3, -0.25) is 9.79 Å². The molecular formula is C31H31N3O2. The molecule has 1 amide bonds. The maximum atomic E-state index is 12.2. The summed E-state index contributed by atoms with van der Waals surface area (Å²) >= 11 is 0. The molecule has 0 saturated carbocycles. The molecule has 2 aliphatic rings. The van der Waals surface area contributed by atoms with Crippen molar-refractivity contribution >= 4 is 23.0 Å². The highest BCUT2D eigenvalue weighted by Crippen LogP contribution is 2.33. The number of hydrogen-bond acceptors (Lipinski definition) is 4. The standard InChI is InChI=1S/C31H31N3O2/c1-4-17-36-27-14-15-29-28(19-27)31(25-12-10-24(11-13-25)22(2)3)32-21-33(29)20-23-7-5-8-26(18-23)34-16-6-9-30(34)35/h1,5,7-8,10-15,18-19,22H,6,9,16-17,20-21H2,2-3H3. The average molecular weight is 478 g/mol. The molecule has 182 valence electrons. The molecule has 3 aromatic carbocycles. The molecule has 2 heterocycles. The lowest BCUT2D eigenvalue weighted by Gasteiger charge is -2.31. The SMILES string of the molecule is C#CCOc1ccc2c(c1)C(c1ccc(C(C)C)cc1)=NCN2Cc1cccc(N2CCCC2=O)c1. The predicted octanol–water partition coefficient (Wildman–Crippen LogP) is 5.76. The van der Waals surface area contributed by atoms with Crippen molar-refractivity contribution in [3.8, 4) is 18.1 Å². The Balaban J connectivity index is 1.46. The monoisotopic (exact) mass is 477 g/mol. The zero-order chi connectivity index (χ0) is 25.1. The Labute approximate surface area is 213 Å². The number of aliphatic imine (C=N–C) groups is 1. The molecule has 1 saturated heterocycles. The lowest BCUT2D eigenvalue weighted by atomic mass is 9.95. The van der Waals surface area contributed by atoms with Crippen molar-refractivity contribution in [1.82, 2.24) is 0 Å². The van der Waals surface area contributed by atoms with Crippen molar-refractivity contribution in [2.75, 3.05) is 29.6 Å². The van der Waals surface area contributed by atoms with Crippen molar-refractivity contribution < 1.29 is 9.53 Å². The number of nitrogens with zero attached hydrogens (tertiary/aromatic N) is 3. The number of benzene rings is 3. The molecule has 2 aliphatic heterocycles. The van der Waals surface area contributed by atoms with Gasteiger partial charge in [0.25, 0.3) is 0 Å². The Hall–Kier alpha value is -4.04. The van der Waals surface area contributed by atoms with Crippen molar-refractivity contribution in [3.05, 3.63) is 89.0 Å². The van der Waals surface area contributed by atoms with Crippen LogP contribution in [0.1, 0.15) is 54.9 Å². The van der Waals surface area contributed by atoms with E-state index >= 15 is 0 Å². The van der Waals surface area contributed by atoms with Gasteiger partial charge in [0.05, 0.1) is 5.71 Å². The number of terminal acetylenes is 1. The Morgan fingerprint density at radius 3 is 2.64 bits per heavy atom. The van der Waals surface area contributed by atoms with Crippen LogP contribution in [0.2, 0.25) is 0 Å². The van der Waals surface area contributed by atoms with Crippen LogP contribution in [0, 0.1) is 12.3 Å². The van der Waals surface area contributed by atoms with E-state index in [9.17, 15) is 4.79 Å². The molecule has 5 heteroatoms. The van der Waals surface area contributed by atoms with Gasteiger partial charge in [0.1, 0.15) is 19.0 Å². The third-order valence-electron chi connectivity index (χ3n) is 6.81. The molecule has 0 bridgehead atoms. The Bertz CT molecular complexity index is 1330. The molecule has 3 aromatic rings. The van der Waals surface area contributed by atoms with Crippen LogP contribution in [0.25, 0.3) is 0 Å². The quantitative estimate of drug-likeness (QED) is 0.406. The molecule has 0 aliphatic carbocycles. The van der Waals surface area contributed by atoms with Crippen LogP contribution in [0.3, 0.4) is 0 Å². The highest BCUT2D eigenvalue weighted by Gasteiger charge is 2.24. The third kappa shape index (κ3) is 4.85. The lowest BCUT2D eigenvalue weighted by Crippen LogP contribution is -2.30. The van der Waals surface area contributed by atoms with Gasteiger partial charge in [-0.05, 0) is 53.8 Å². The van der Waals surface area contributed by atoms with Gasteiger partial charge in [0, 0.05) is 42.0 Å². The normalized spacial score (nSPS) is 15.1. The van der Waals surface area contributed by atoms with Gasteiger partial charge in [-0.15, -0.1) is 6.42 Å². The van der Waals surface area contributed by atoms with Gasteiger partial charge in [-0.2, -0.15) is 0 Å². The molecule has 0 aromatic heterocycles. The highest BCUT2D eigenvalue weighted by atomic mass is 16.5. The number of ether oxygens (including phenoxy) is 1. The number of carbonyl (C=O) groups is 1. The summed E-state index contributed by atoms with van der Waals surface area (Å²) in [5.74, 6) is 3.95. The maximum Gasteiger partial charge on any atom is 0.227 e. The molecule has 0 atom stereocenters. The first-order chi connectivity index (χ1) is 17.5. The summed E-state index contributed by atoms with van der Waals surface area (Å²) in [6, 6.07) is 23.0. The summed E-state index contributed by atoms with van der Waals surface area (Å²) in [7, 11) is 0. The van der Waals surface area contributed by atoms with E-state index in [2.05, 4.69) is 67.1 Å². The van der Waals surface area contributed by atoms with Crippen LogP contribution < -0.4 is 14.5 Å². The largest absolute Gasteiger partial charge is 0.481 e. The van der Waals surface area contributed by atoms with Gasteiger partial charge in [-0.1, -0.05) is 56.2 Å². The van der Waals surface area contributed by atoms with E-state index in [-0.39, 0.29) is 12.5 Å². The van der Waals surface area contributed by atoms with Crippen molar-refractivity contribution in [1.29, 1.82) is 0 Å². The smallest absolute Gasteiger partial charge is 0.227 e. The van der Waals surface area contributed by atoms with Crippen LogP contribution >= 0.6 is 0 Å². The Morgan fingerprint density at radius 1 is 1.08 bits per heavy atom. The van der Waals surface area contributed by atoms with Gasteiger partial charge >= 0.3 is 0 Å². The van der Waals surface area contributed by atoms with E-state index in [0.29, 0.717) is 25.6 Å². The lowest BCUT2D eigenvalue weighted by molar-refractivity contribution is -0.117. The number of carbonyl (C=O) groups excluding carboxylic acids is 1. The Morgan fingerprint density at radius 2 is 1.92 bits per heavy atom. The number of hydrogen-bond donors (Lipinski definition) is 0. The fraction of sp³-hybridized carbons (Fsp3) is 0.290. The van der Waals surface area contributed by atoms with E-state index in [1.807, 2.05) is 29.2 Å². The van der Waals surface area contributed by atoms with E-state index < -0.39 is 0 Å². The van der Waals surface area contributed by atoms with Gasteiger partial charge in [0.15, 0.2) is 0 Å². The van der Waals surface area contributed by atoms with E-state index in [0.717, 1.165) is 52.5 Å². The topological polar surface area (TPSA) is 45.1 Å². The summed E-state index contributed by atoms with van der Waals surface area (Å²) in [6.45, 7) is 6.65. The van der Waals surface area contributed by atoms with Gasteiger partial charge in [-0.25, -0.2) is 0 Å². The fourth-order valence-electron chi connectivity index (χ4n) is 4.88. The zero-order valence-corrected chi connectivity index (χ0v) is 20.9. The fourth-order valence-corrected chi connectivity index (χ4v) is 4.88. The summed E-state index contributed by atoms with van der Waals surface area (Å²) in [5.41, 5.74) is 7.59. The molecular weight excluding hydrogens is 446 g/mol. The van der Waals surface area contributed by atoms with Crippen molar-refractivity contribution in [3.63, 3.8) is 0 Å². The minimum Gasteiger partial charge on any atom is -0.481 e. The molecule has 0 unspecified atom stereocenters. The first kappa shape index (κ1) is 23.7. The average Bonchev–Trinajstić information content (AvgIpc) is 3.33. The van der Waals surface area contributed by atoms with Crippen LogP contribution in [-0.4, -0.2) is 31.4 Å². The van der Waals surface area contributed by atoms with Crippen LogP contribution in [-0.2, 0) is 11.3 Å². The van der Waals surface area contributed by atoms with Gasteiger partial charge in [0.2, 0.25) is 5.91 Å². The first-order valence-electron chi connectivity index (χ1n) is 12.5. The zero-order valence-electron chi connectivity index (χ0n) is 20.9. The predicted molar refractivity (Wildman–Crippen MR) is 146 cm³/mol. The molecule has 0 spiro atoms. The molecule has 0 N–H and O–H groups in total. The maximum absolute atomic E-state index is 12.2. The van der Waals surface area contributed by atoms with Crippen molar-refractivity contribution in [2.45, 2.75) is 39.2 Å². The molecule has 5 nitrogen and oxygen atoms in total. The minimum atomic E-state index is 0.202. The summed E-state index contributed by atoms with van der Waals surface area (Å²) in [5, 5.41) is 0. The van der Waals surface area contributed by atoms with Crippen LogP contribution in [0.15, 0.2) is 71.7 Å². The third-order valence-corrected chi connectivity index (χ3v) is 6.81. The van der Waals surface area contributed by atoms with Crippen LogP contribution in [0.5, 0.6) is 5.75 Å². The summed E-state index contributed by atoms with van der Waals surface area (Å²) in [6.07, 6.45) is 6.96. The second kappa shape index (κ2) is 10.3. The van der Waals surface area contributed by atoms with E-state index in [1.54, 1.807) is 0 Å². The van der Waals surface area contributed by atoms with E-state index in [1.165, 1.54) is 5.56 Å². The number of rotatable bonds is 7. The second-order valence-electron chi connectivity index (χ2n) is 9.61. The molecule has 5 rings (SSSR count). The van der Waals surface area contributed by atoms with Gasteiger partial charge < -0.3 is 14.5 Å². The summed E-state index contributed by atoms with van der Waals surface area (Å²) in [4.78, 5) is 21.4. The van der Waals surface area contributed by atoms with Crippen LogP contribution in [0.4, 0.5) is 11.4 Å².